The Bertz CT molecular complexity index is 615. The average Bonchev–Trinajstić information content (AvgIpc) is 2.74. The Morgan fingerprint density at radius 3 is 2.50 bits per heavy atom. The van der Waals surface area contributed by atoms with E-state index in [-0.39, 0.29) is 5.69 Å². The predicted molar refractivity (Wildman–Crippen MR) is 73.8 cm³/mol. The van der Waals surface area contributed by atoms with Crippen LogP contribution in [-0.4, -0.2) is 16.1 Å². The molecule has 0 spiro atoms. The number of nitrogens with one attached hydrogen (secondary N) is 1. The molecule has 0 aliphatic heterocycles. The Kier molecular flexibility index (Phi) is 3.97. The number of aromatic nitrogens is 1. The molecule has 18 heavy (non-hydrogen) atoms. The van der Waals surface area contributed by atoms with Gasteiger partial charge in [-0.1, -0.05) is 34.8 Å². The lowest BCUT2D eigenvalue weighted by molar-refractivity contribution is 0.0691. The van der Waals surface area contributed by atoms with E-state index in [0.717, 1.165) is 11.3 Å². The molecule has 4 nitrogen and oxygen atoms in total. The molecule has 0 unspecified atom stereocenters. The number of hydrogen-bond donors (Lipinski definition) is 2. The Hall–Kier alpha value is -1.01. The highest BCUT2D eigenvalue weighted by molar-refractivity contribution is 7.14. The molecule has 0 aliphatic carbocycles. The number of rotatable bonds is 3. The van der Waals surface area contributed by atoms with Gasteiger partial charge in [0.15, 0.2) is 10.8 Å². The van der Waals surface area contributed by atoms with Gasteiger partial charge in [0.2, 0.25) is 0 Å². The fraction of sp³-hybridized carbons (Fsp3) is 0. The van der Waals surface area contributed by atoms with E-state index in [1.165, 1.54) is 11.4 Å². The summed E-state index contributed by atoms with van der Waals surface area (Å²) < 4.78 is 0. The Morgan fingerprint density at radius 2 is 1.89 bits per heavy atom. The molecule has 0 aliphatic rings. The number of thiazole rings is 1. The minimum atomic E-state index is -1.08. The van der Waals surface area contributed by atoms with Crippen molar-refractivity contribution in [2.75, 3.05) is 5.32 Å². The smallest absolute Gasteiger partial charge is 0.355 e. The number of carboxylic acid groups (broad SMARTS) is 1. The third-order valence-corrected chi connectivity index (χ3v) is 3.77. The molecule has 0 bridgehead atoms. The molecule has 1 heterocycles. The zero-order chi connectivity index (χ0) is 13.3. The van der Waals surface area contributed by atoms with Crippen LogP contribution in [0.2, 0.25) is 15.1 Å². The van der Waals surface area contributed by atoms with Crippen molar-refractivity contribution in [1.29, 1.82) is 0 Å². The molecule has 1 aromatic carbocycles. The van der Waals surface area contributed by atoms with E-state index in [9.17, 15) is 4.79 Å². The second-order valence-electron chi connectivity index (χ2n) is 3.21. The number of halogens is 3. The molecule has 2 aromatic rings. The molecule has 2 rings (SSSR count). The van der Waals surface area contributed by atoms with Gasteiger partial charge in [-0.05, 0) is 12.1 Å². The predicted octanol–water partition coefficient (Wildman–Crippen LogP) is 4.55. The van der Waals surface area contributed by atoms with Crippen LogP contribution in [0.3, 0.4) is 0 Å². The zero-order valence-electron chi connectivity index (χ0n) is 8.58. The zero-order valence-corrected chi connectivity index (χ0v) is 11.7. The first kappa shape index (κ1) is 13.4. The normalized spacial score (nSPS) is 10.4. The van der Waals surface area contributed by atoms with Crippen molar-refractivity contribution in [2.45, 2.75) is 0 Å². The fourth-order valence-corrected chi connectivity index (χ4v) is 2.45. The summed E-state index contributed by atoms with van der Waals surface area (Å²) in [5.74, 6) is -1.08. The van der Waals surface area contributed by atoms with E-state index >= 15 is 0 Å². The van der Waals surface area contributed by atoms with Crippen molar-refractivity contribution in [1.82, 2.24) is 4.98 Å². The summed E-state index contributed by atoms with van der Waals surface area (Å²) in [6.07, 6.45) is 0. The van der Waals surface area contributed by atoms with Gasteiger partial charge in [0.1, 0.15) is 0 Å². The quantitative estimate of drug-likeness (QED) is 0.814. The van der Waals surface area contributed by atoms with Crippen LogP contribution in [0.1, 0.15) is 10.5 Å². The number of nitrogens with zero attached hydrogens (tertiary/aromatic N) is 1. The van der Waals surface area contributed by atoms with E-state index < -0.39 is 5.97 Å². The molecule has 0 radical (unpaired) electrons. The maximum absolute atomic E-state index is 10.7. The molecule has 0 saturated carbocycles. The van der Waals surface area contributed by atoms with Gasteiger partial charge < -0.3 is 10.4 Å². The Morgan fingerprint density at radius 1 is 1.22 bits per heavy atom. The van der Waals surface area contributed by atoms with Crippen LogP contribution in [0.25, 0.3) is 0 Å². The molecule has 0 amide bonds. The van der Waals surface area contributed by atoms with Crippen LogP contribution in [-0.2, 0) is 0 Å². The average molecular weight is 324 g/mol. The number of hydrogen-bond acceptors (Lipinski definition) is 4. The number of carboxylic acids is 1. The number of aromatic carboxylic acids is 1. The molecule has 0 fully saturated rings. The van der Waals surface area contributed by atoms with Crippen LogP contribution in [0.4, 0.5) is 10.8 Å². The Labute approximate surface area is 121 Å². The fourth-order valence-electron chi connectivity index (χ4n) is 1.16. The third-order valence-electron chi connectivity index (χ3n) is 1.97. The maximum Gasteiger partial charge on any atom is 0.355 e. The first-order valence-electron chi connectivity index (χ1n) is 4.58. The number of benzene rings is 1. The molecule has 2 N–H and O–H groups in total. The largest absolute Gasteiger partial charge is 0.476 e. The van der Waals surface area contributed by atoms with Gasteiger partial charge in [-0.25, -0.2) is 9.78 Å². The summed E-state index contributed by atoms with van der Waals surface area (Å²) in [4.78, 5) is 14.6. The summed E-state index contributed by atoms with van der Waals surface area (Å²) in [6, 6.07) is 3.05. The van der Waals surface area contributed by atoms with Crippen molar-refractivity contribution in [2.24, 2.45) is 0 Å². The lowest BCUT2D eigenvalue weighted by Gasteiger charge is -2.06. The molecular formula is C10H5Cl3N2O2S. The first-order valence-corrected chi connectivity index (χ1v) is 6.59. The van der Waals surface area contributed by atoms with Crippen molar-refractivity contribution in [3.63, 3.8) is 0 Å². The summed E-state index contributed by atoms with van der Waals surface area (Å²) in [6.45, 7) is 0. The van der Waals surface area contributed by atoms with Crippen LogP contribution in [0, 0.1) is 0 Å². The Balaban J connectivity index is 2.28. The van der Waals surface area contributed by atoms with Crippen molar-refractivity contribution in [3.05, 3.63) is 38.3 Å². The van der Waals surface area contributed by atoms with Gasteiger partial charge in [-0.15, -0.1) is 11.3 Å². The highest BCUT2D eigenvalue weighted by Gasteiger charge is 2.11. The topological polar surface area (TPSA) is 62.2 Å². The monoisotopic (exact) mass is 322 g/mol. The summed E-state index contributed by atoms with van der Waals surface area (Å²) in [5, 5.41) is 14.5. The van der Waals surface area contributed by atoms with Crippen molar-refractivity contribution < 1.29 is 9.90 Å². The van der Waals surface area contributed by atoms with Gasteiger partial charge in [0.25, 0.3) is 0 Å². The molecule has 0 saturated heterocycles. The number of anilines is 2. The minimum Gasteiger partial charge on any atom is -0.476 e. The van der Waals surface area contributed by atoms with Crippen molar-refractivity contribution in [3.8, 4) is 0 Å². The lowest BCUT2D eigenvalue weighted by atomic mass is 10.3. The van der Waals surface area contributed by atoms with Crippen LogP contribution < -0.4 is 5.32 Å². The van der Waals surface area contributed by atoms with Crippen molar-refractivity contribution >= 4 is 62.9 Å². The SMILES string of the molecule is O=C(O)c1csc(Nc2cc(Cl)c(Cl)cc2Cl)n1. The lowest BCUT2D eigenvalue weighted by Crippen LogP contribution is -1.97. The molecule has 94 valence electrons. The van der Waals surface area contributed by atoms with E-state index in [0.29, 0.717) is 25.9 Å². The maximum atomic E-state index is 10.7. The van der Waals surface area contributed by atoms with Gasteiger partial charge in [-0.2, -0.15) is 0 Å². The summed E-state index contributed by atoms with van der Waals surface area (Å²) in [7, 11) is 0. The van der Waals surface area contributed by atoms with Gasteiger partial charge >= 0.3 is 5.97 Å². The van der Waals surface area contributed by atoms with Gasteiger partial charge in [-0.3, -0.25) is 0 Å². The van der Waals surface area contributed by atoms with Crippen LogP contribution in [0.15, 0.2) is 17.5 Å². The highest BCUT2D eigenvalue weighted by Crippen LogP contribution is 2.34. The van der Waals surface area contributed by atoms with E-state index in [2.05, 4.69) is 10.3 Å². The van der Waals surface area contributed by atoms with E-state index in [1.807, 2.05) is 0 Å². The number of carbonyl (C=O) groups is 1. The summed E-state index contributed by atoms with van der Waals surface area (Å²) in [5.41, 5.74) is 0.482. The standard InChI is InChI=1S/C10H5Cl3N2O2S/c11-4-1-6(13)7(2-5(4)12)14-10-15-8(3-18-10)9(16)17/h1-3H,(H,14,15)(H,16,17). The van der Waals surface area contributed by atoms with Crippen LogP contribution in [0.5, 0.6) is 0 Å². The third kappa shape index (κ3) is 2.87. The molecule has 0 atom stereocenters. The summed E-state index contributed by atoms with van der Waals surface area (Å²) >= 11 is 18.8. The van der Waals surface area contributed by atoms with E-state index in [1.54, 1.807) is 6.07 Å². The first-order chi connectivity index (χ1) is 8.47. The van der Waals surface area contributed by atoms with E-state index in [4.69, 9.17) is 39.9 Å². The minimum absolute atomic E-state index is 0.0290. The van der Waals surface area contributed by atoms with Gasteiger partial charge in [0.05, 0.1) is 20.8 Å². The van der Waals surface area contributed by atoms with Gasteiger partial charge in [0, 0.05) is 5.38 Å². The second kappa shape index (κ2) is 5.32. The second-order valence-corrected chi connectivity index (χ2v) is 5.29. The molecule has 8 heteroatoms. The molecular weight excluding hydrogens is 319 g/mol. The van der Waals surface area contributed by atoms with Crippen LogP contribution >= 0.6 is 46.1 Å². The molecule has 1 aromatic heterocycles. The highest BCUT2D eigenvalue weighted by atomic mass is 35.5.